The van der Waals surface area contributed by atoms with Crippen molar-refractivity contribution in [1.82, 2.24) is 19.6 Å². The number of aryl methyl sites for hydroxylation is 1. The van der Waals surface area contributed by atoms with Crippen molar-refractivity contribution in [2.45, 2.75) is 6.92 Å². The van der Waals surface area contributed by atoms with Crippen molar-refractivity contribution in [3.8, 4) is 5.69 Å². The van der Waals surface area contributed by atoms with Crippen molar-refractivity contribution >= 4 is 34.9 Å². The minimum atomic E-state index is -0.472. The molecule has 1 fully saturated rings. The van der Waals surface area contributed by atoms with Crippen LogP contribution < -0.4 is 10.9 Å². The van der Waals surface area contributed by atoms with Gasteiger partial charge in [-0.1, -0.05) is 18.2 Å². The molecular weight excluding hydrogens is 466 g/mol. The number of nitrogens with one attached hydrogen (secondary N) is 2. The first-order valence-electron chi connectivity index (χ1n) is 11.3. The smallest absolute Gasteiger partial charge is 0.280 e. The fourth-order valence-electron chi connectivity index (χ4n) is 3.87. The number of rotatable bonds is 7. The molecule has 4 rings (SSSR count). The molecular formula is C24H27N7O3S. The zero-order valence-corrected chi connectivity index (χ0v) is 20.2. The molecule has 2 N–H and O–H groups in total. The number of aromatic amines is 1. The zero-order valence-electron chi connectivity index (χ0n) is 19.4. The number of para-hydroxylation sites is 1. The molecule has 10 nitrogen and oxygen atoms in total. The van der Waals surface area contributed by atoms with Crippen LogP contribution in [0, 0.1) is 17.0 Å². The van der Waals surface area contributed by atoms with Crippen molar-refractivity contribution in [2.75, 3.05) is 44.6 Å². The van der Waals surface area contributed by atoms with E-state index < -0.39 is 4.92 Å². The van der Waals surface area contributed by atoms with E-state index in [4.69, 9.17) is 12.2 Å². The number of anilines is 1. The maximum absolute atomic E-state index is 12.8. The summed E-state index contributed by atoms with van der Waals surface area (Å²) in [6.45, 7) is 6.65. The van der Waals surface area contributed by atoms with Gasteiger partial charge in [0.1, 0.15) is 0 Å². The van der Waals surface area contributed by atoms with Gasteiger partial charge in [0.05, 0.1) is 22.7 Å². The minimum Gasteiger partial charge on any atom is -0.346 e. The Bertz CT molecular complexity index is 1260. The minimum absolute atomic E-state index is 0.0259. The summed E-state index contributed by atoms with van der Waals surface area (Å²) in [6, 6.07) is 15.7. The van der Waals surface area contributed by atoms with E-state index in [1.165, 1.54) is 28.9 Å². The maximum Gasteiger partial charge on any atom is 0.280 e. The van der Waals surface area contributed by atoms with Crippen LogP contribution in [0.3, 0.4) is 0 Å². The van der Waals surface area contributed by atoms with Crippen molar-refractivity contribution in [3.63, 3.8) is 0 Å². The molecule has 0 unspecified atom stereocenters. The number of hydrogen-bond donors (Lipinski definition) is 2. The lowest BCUT2D eigenvalue weighted by Gasteiger charge is -2.36. The van der Waals surface area contributed by atoms with E-state index in [0.29, 0.717) is 23.5 Å². The van der Waals surface area contributed by atoms with Gasteiger partial charge in [0.2, 0.25) is 0 Å². The lowest BCUT2D eigenvalue weighted by molar-refractivity contribution is -0.384. The largest absolute Gasteiger partial charge is 0.346 e. The highest BCUT2D eigenvalue weighted by Crippen LogP contribution is 2.14. The third-order valence-electron chi connectivity index (χ3n) is 5.89. The summed E-state index contributed by atoms with van der Waals surface area (Å²) in [6.07, 6.45) is 1.60. The van der Waals surface area contributed by atoms with Gasteiger partial charge in [-0.25, -0.2) is 4.68 Å². The second-order valence-corrected chi connectivity index (χ2v) is 8.61. The Morgan fingerprint density at radius 1 is 1.14 bits per heavy atom. The quantitative estimate of drug-likeness (QED) is 0.225. The molecule has 0 amide bonds. The van der Waals surface area contributed by atoms with E-state index in [2.05, 4.69) is 25.2 Å². The first kappa shape index (κ1) is 24.3. The standard InChI is InChI=1S/C24H27N7O3S/c1-18-22(23(32)30(27-18)20-7-9-21(10-8-20)31(33)34)17-25-11-12-28-13-15-29(16-14-28)24(35)26-19-5-3-2-4-6-19/h2-10,17,27H,11-16H2,1H3,(H,26,35). The first-order chi connectivity index (χ1) is 16.9. The number of aliphatic imine (C=N–C) groups is 1. The topological polar surface area (TPSA) is 112 Å². The van der Waals surface area contributed by atoms with E-state index >= 15 is 0 Å². The molecule has 11 heteroatoms. The lowest BCUT2D eigenvalue weighted by Crippen LogP contribution is -2.50. The van der Waals surface area contributed by atoms with Gasteiger partial charge in [0.25, 0.3) is 11.2 Å². The van der Waals surface area contributed by atoms with Crippen LogP contribution in [0.1, 0.15) is 11.3 Å². The van der Waals surface area contributed by atoms with Gasteiger partial charge in [0, 0.05) is 62.5 Å². The summed E-state index contributed by atoms with van der Waals surface area (Å²) in [7, 11) is 0. The fourth-order valence-corrected chi connectivity index (χ4v) is 4.17. The Morgan fingerprint density at radius 2 is 1.83 bits per heavy atom. The third-order valence-corrected chi connectivity index (χ3v) is 6.25. The van der Waals surface area contributed by atoms with E-state index in [-0.39, 0.29) is 11.2 Å². The maximum atomic E-state index is 12.8. The highest BCUT2D eigenvalue weighted by Gasteiger charge is 2.18. The lowest BCUT2D eigenvalue weighted by atomic mass is 10.2. The first-order valence-corrected chi connectivity index (χ1v) is 11.7. The Morgan fingerprint density at radius 3 is 2.49 bits per heavy atom. The van der Waals surface area contributed by atoms with Crippen LogP contribution in [0.5, 0.6) is 0 Å². The normalized spacial score (nSPS) is 14.4. The van der Waals surface area contributed by atoms with Gasteiger partial charge in [-0.15, -0.1) is 0 Å². The van der Waals surface area contributed by atoms with E-state index in [9.17, 15) is 14.9 Å². The summed E-state index contributed by atoms with van der Waals surface area (Å²) in [5.74, 6) is 0. The second-order valence-electron chi connectivity index (χ2n) is 8.22. The number of hydrogen-bond acceptors (Lipinski definition) is 6. The van der Waals surface area contributed by atoms with Crippen molar-refractivity contribution in [1.29, 1.82) is 0 Å². The molecule has 0 radical (unpaired) electrons. The molecule has 1 saturated heterocycles. The summed E-state index contributed by atoms with van der Waals surface area (Å²) in [5, 5.41) is 17.9. The van der Waals surface area contributed by atoms with Crippen molar-refractivity contribution in [2.24, 2.45) is 4.99 Å². The van der Waals surface area contributed by atoms with E-state index in [1.54, 1.807) is 13.1 Å². The molecule has 1 aliphatic heterocycles. The van der Waals surface area contributed by atoms with Crippen molar-refractivity contribution in [3.05, 3.63) is 86.3 Å². The van der Waals surface area contributed by atoms with Gasteiger partial charge in [-0.3, -0.25) is 29.9 Å². The molecule has 0 aliphatic carbocycles. The fraction of sp³-hybridized carbons (Fsp3) is 0.292. The zero-order chi connectivity index (χ0) is 24.8. The molecule has 1 aliphatic rings. The third kappa shape index (κ3) is 6.00. The molecule has 1 aromatic heterocycles. The Kier molecular flexibility index (Phi) is 7.68. The van der Waals surface area contributed by atoms with Crippen LogP contribution in [-0.2, 0) is 0 Å². The van der Waals surface area contributed by atoms with Gasteiger partial charge >= 0.3 is 0 Å². The molecule has 182 valence electrons. The monoisotopic (exact) mass is 493 g/mol. The Labute approximate surface area is 208 Å². The van der Waals surface area contributed by atoms with Crippen LogP contribution in [0.2, 0.25) is 0 Å². The van der Waals surface area contributed by atoms with E-state index in [0.717, 1.165) is 43.5 Å². The molecule has 3 aromatic rings. The Hall–Kier alpha value is -3.83. The predicted octanol–water partition coefficient (Wildman–Crippen LogP) is 2.82. The summed E-state index contributed by atoms with van der Waals surface area (Å²) in [4.78, 5) is 32.2. The molecule has 0 bridgehead atoms. The number of benzene rings is 2. The number of non-ortho nitro benzene ring substituents is 1. The predicted molar refractivity (Wildman–Crippen MR) is 141 cm³/mol. The summed E-state index contributed by atoms with van der Waals surface area (Å²) in [5.41, 5.74) is 2.41. The average molecular weight is 494 g/mol. The number of nitro groups is 1. The molecule has 0 saturated carbocycles. The molecule has 0 atom stereocenters. The van der Waals surface area contributed by atoms with Crippen LogP contribution >= 0.6 is 12.2 Å². The molecule has 2 aromatic carbocycles. The van der Waals surface area contributed by atoms with Crippen LogP contribution in [0.4, 0.5) is 11.4 Å². The number of nitro benzene ring substituents is 1. The van der Waals surface area contributed by atoms with Gasteiger partial charge < -0.3 is 10.2 Å². The summed E-state index contributed by atoms with van der Waals surface area (Å²) < 4.78 is 1.37. The van der Waals surface area contributed by atoms with Crippen LogP contribution in [0.25, 0.3) is 5.69 Å². The van der Waals surface area contributed by atoms with E-state index in [1.807, 2.05) is 30.3 Å². The number of thiocarbonyl (C=S) groups is 1. The SMILES string of the molecule is Cc1[nH]n(-c2ccc([N+](=O)[O-])cc2)c(=O)c1C=NCCN1CCN(C(=S)Nc2ccccc2)CC1. The van der Waals surface area contributed by atoms with Gasteiger partial charge in [-0.2, -0.15) is 0 Å². The van der Waals surface area contributed by atoms with Gasteiger partial charge in [0.15, 0.2) is 5.11 Å². The molecule has 35 heavy (non-hydrogen) atoms. The van der Waals surface area contributed by atoms with Gasteiger partial charge in [-0.05, 0) is 43.4 Å². The Balaban J connectivity index is 1.27. The highest BCUT2D eigenvalue weighted by atomic mass is 32.1. The molecule has 0 spiro atoms. The summed E-state index contributed by atoms with van der Waals surface area (Å²) >= 11 is 5.54. The highest BCUT2D eigenvalue weighted by molar-refractivity contribution is 7.80. The van der Waals surface area contributed by atoms with Crippen molar-refractivity contribution < 1.29 is 4.92 Å². The number of aromatic nitrogens is 2. The number of nitrogens with zero attached hydrogens (tertiary/aromatic N) is 5. The second kappa shape index (κ2) is 11.1. The number of H-pyrrole nitrogens is 1. The van der Waals surface area contributed by atoms with Crippen LogP contribution in [0.15, 0.2) is 64.4 Å². The molecule has 2 heterocycles. The van der Waals surface area contributed by atoms with Crippen LogP contribution in [-0.4, -0.2) is 75.1 Å². The average Bonchev–Trinajstić information content (AvgIpc) is 3.16. The number of piperazine rings is 1.